The second kappa shape index (κ2) is 10.6. The fraction of sp³-hybridized carbons (Fsp3) is 0.542. The molecule has 1 aromatic carbocycles. The standard InChI is InChI=1S/C24H31ClN4O4/c1-16(2)23(30)28-10-9-20(14-28)33-19-7-5-18(6-8-19)29-24(31)22(25)21(13-27-29)26-12-17-4-3-11-32-15-17/h5-8,13,16-17,20,26H,3-4,9-12,14-15H2,1-2H3. The van der Waals surface area contributed by atoms with Crippen LogP contribution in [-0.2, 0) is 9.53 Å². The maximum absolute atomic E-state index is 12.8. The molecular formula is C24H31ClN4O4. The third-order valence-electron chi connectivity index (χ3n) is 6.09. The summed E-state index contributed by atoms with van der Waals surface area (Å²) in [4.78, 5) is 26.8. The van der Waals surface area contributed by atoms with E-state index in [4.69, 9.17) is 21.1 Å². The normalized spacial score (nSPS) is 20.8. The molecule has 4 rings (SSSR count). The van der Waals surface area contributed by atoms with Crippen LogP contribution in [0, 0.1) is 11.8 Å². The van der Waals surface area contributed by atoms with Crippen molar-refractivity contribution in [3.05, 3.63) is 45.8 Å². The molecule has 2 aromatic rings. The van der Waals surface area contributed by atoms with E-state index in [0.29, 0.717) is 42.7 Å². The number of carbonyl (C=O) groups excluding carboxylic acids is 1. The molecule has 0 bridgehead atoms. The Morgan fingerprint density at radius 3 is 2.79 bits per heavy atom. The number of hydrogen-bond donors (Lipinski definition) is 1. The molecule has 178 valence electrons. The molecule has 8 nitrogen and oxygen atoms in total. The molecule has 1 N–H and O–H groups in total. The summed E-state index contributed by atoms with van der Waals surface area (Å²) in [6, 6.07) is 7.16. The van der Waals surface area contributed by atoms with E-state index in [-0.39, 0.29) is 28.5 Å². The number of nitrogens with one attached hydrogen (secondary N) is 1. The number of hydrogen-bond acceptors (Lipinski definition) is 6. The first-order valence-corrected chi connectivity index (χ1v) is 12.0. The van der Waals surface area contributed by atoms with Crippen molar-refractivity contribution in [3.8, 4) is 11.4 Å². The van der Waals surface area contributed by atoms with Crippen molar-refractivity contribution >= 4 is 23.2 Å². The molecule has 2 aliphatic heterocycles. The minimum atomic E-state index is -0.381. The van der Waals surface area contributed by atoms with Gasteiger partial charge < -0.3 is 19.7 Å². The lowest BCUT2D eigenvalue weighted by Crippen LogP contribution is -2.33. The number of benzene rings is 1. The SMILES string of the molecule is CC(C)C(=O)N1CCC(Oc2ccc(-n3ncc(NCC4CCCOC4)c(Cl)c3=O)cc2)C1. The predicted molar refractivity (Wildman–Crippen MR) is 127 cm³/mol. The first-order chi connectivity index (χ1) is 15.9. The summed E-state index contributed by atoms with van der Waals surface area (Å²) < 4.78 is 12.8. The van der Waals surface area contributed by atoms with Crippen LogP contribution >= 0.6 is 11.6 Å². The topological polar surface area (TPSA) is 85.7 Å². The molecule has 9 heteroatoms. The van der Waals surface area contributed by atoms with Crippen LogP contribution in [0.5, 0.6) is 5.75 Å². The van der Waals surface area contributed by atoms with Gasteiger partial charge in [-0.2, -0.15) is 9.78 Å². The van der Waals surface area contributed by atoms with Crippen molar-refractivity contribution in [2.75, 3.05) is 38.2 Å². The average Bonchev–Trinajstić information content (AvgIpc) is 3.29. The lowest BCUT2D eigenvalue weighted by atomic mass is 10.0. The number of rotatable bonds is 7. The molecule has 2 fully saturated rings. The number of ether oxygens (including phenoxy) is 2. The van der Waals surface area contributed by atoms with Crippen LogP contribution in [0.3, 0.4) is 0 Å². The Hall–Kier alpha value is -2.58. The van der Waals surface area contributed by atoms with Gasteiger partial charge in [-0.25, -0.2) is 0 Å². The van der Waals surface area contributed by atoms with E-state index in [1.165, 1.54) is 4.68 Å². The Labute approximate surface area is 198 Å². The molecular weight excluding hydrogens is 444 g/mol. The first-order valence-electron chi connectivity index (χ1n) is 11.6. The van der Waals surface area contributed by atoms with Crippen LogP contribution in [0.2, 0.25) is 5.02 Å². The molecule has 1 aromatic heterocycles. The van der Waals surface area contributed by atoms with Crippen molar-refractivity contribution in [2.45, 2.75) is 39.2 Å². The zero-order valence-corrected chi connectivity index (χ0v) is 19.9. The van der Waals surface area contributed by atoms with Crippen LogP contribution in [0.1, 0.15) is 33.1 Å². The zero-order chi connectivity index (χ0) is 23.4. The Morgan fingerprint density at radius 1 is 1.30 bits per heavy atom. The van der Waals surface area contributed by atoms with Crippen molar-refractivity contribution in [1.82, 2.24) is 14.7 Å². The van der Waals surface area contributed by atoms with Gasteiger partial charge in [0, 0.05) is 32.0 Å². The predicted octanol–water partition coefficient (Wildman–Crippen LogP) is 3.36. The number of carbonyl (C=O) groups is 1. The van der Waals surface area contributed by atoms with E-state index in [0.717, 1.165) is 32.5 Å². The number of likely N-dealkylation sites (tertiary alicyclic amines) is 1. The molecule has 0 saturated carbocycles. The number of amides is 1. The van der Waals surface area contributed by atoms with Crippen LogP contribution in [-0.4, -0.2) is 59.5 Å². The third-order valence-corrected chi connectivity index (χ3v) is 6.45. The van der Waals surface area contributed by atoms with Gasteiger partial charge in [-0.1, -0.05) is 25.4 Å². The molecule has 2 atom stereocenters. The van der Waals surface area contributed by atoms with Gasteiger partial charge in [0.2, 0.25) is 5.91 Å². The highest BCUT2D eigenvalue weighted by Gasteiger charge is 2.28. The molecule has 0 aliphatic carbocycles. The Kier molecular flexibility index (Phi) is 7.55. The van der Waals surface area contributed by atoms with Crippen LogP contribution < -0.4 is 15.6 Å². The Bertz CT molecular complexity index is 1020. The fourth-order valence-electron chi connectivity index (χ4n) is 4.21. The lowest BCUT2D eigenvalue weighted by Gasteiger charge is -2.22. The van der Waals surface area contributed by atoms with E-state index < -0.39 is 0 Å². The summed E-state index contributed by atoms with van der Waals surface area (Å²) in [5.41, 5.74) is 0.753. The maximum atomic E-state index is 12.8. The molecule has 2 unspecified atom stereocenters. The van der Waals surface area contributed by atoms with Gasteiger partial charge >= 0.3 is 0 Å². The Balaban J connectivity index is 1.38. The summed E-state index contributed by atoms with van der Waals surface area (Å²) in [7, 11) is 0. The van der Waals surface area contributed by atoms with E-state index in [1.54, 1.807) is 30.5 Å². The monoisotopic (exact) mass is 474 g/mol. The fourth-order valence-corrected chi connectivity index (χ4v) is 4.41. The van der Waals surface area contributed by atoms with Gasteiger partial charge in [-0.3, -0.25) is 9.59 Å². The smallest absolute Gasteiger partial charge is 0.292 e. The van der Waals surface area contributed by atoms with Crippen molar-refractivity contribution in [1.29, 1.82) is 0 Å². The van der Waals surface area contributed by atoms with Gasteiger partial charge in [0.05, 0.1) is 30.7 Å². The lowest BCUT2D eigenvalue weighted by molar-refractivity contribution is -0.133. The van der Waals surface area contributed by atoms with Crippen molar-refractivity contribution < 1.29 is 14.3 Å². The van der Waals surface area contributed by atoms with Crippen molar-refractivity contribution in [3.63, 3.8) is 0 Å². The molecule has 1 amide bonds. The van der Waals surface area contributed by atoms with Gasteiger partial charge in [0.25, 0.3) is 5.56 Å². The quantitative estimate of drug-likeness (QED) is 0.662. The highest BCUT2D eigenvalue weighted by molar-refractivity contribution is 6.32. The summed E-state index contributed by atoms with van der Waals surface area (Å²) in [6.07, 6.45) is 4.49. The minimum absolute atomic E-state index is 0.0106. The number of aromatic nitrogens is 2. The summed E-state index contributed by atoms with van der Waals surface area (Å²) >= 11 is 6.35. The van der Waals surface area contributed by atoms with Crippen molar-refractivity contribution in [2.24, 2.45) is 11.8 Å². The van der Waals surface area contributed by atoms with Crippen LogP contribution in [0.15, 0.2) is 35.3 Å². The second-order valence-corrected chi connectivity index (χ2v) is 9.39. The van der Waals surface area contributed by atoms with Crippen LogP contribution in [0.4, 0.5) is 5.69 Å². The van der Waals surface area contributed by atoms with E-state index >= 15 is 0 Å². The van der Waals surface area contributed by atoms with Gasteiger partial charge in [0.1, 0.15) is 16.9 Å². The van der Waals surface area contributed by atoms with E-state index in [1.807, 2.05) is 18.7 Å². The molecule has 2 saturated heterocycles. The highest BCUT2D eigenvalue weighted by atomic mass is 35.5. The first kappa shape index (κ1) is 23.6. The zero-order valence-electron chi connectivity index (χ0n) is 19.1. The minimum Gasteiger partial charge on any atom is -0.489 e. The summed E-state index contributed by atoms with van der Waals surface area (Å²) in [5, 5.41) is 7.64. The molecule has 33 heavy (non-hydrogen) atoms. The van der Waals surface area contributed by atoms with Gasteiger partial charge in [-0.15, -0.1) is 0 Å². The van der Waals surface area contributed by atoms with Gasteiger partial charge in [-0.05, 0) is 43.0 Å². The average molecular weight is 475 g/mol. The number of halogens is 1. The highest BCUT2D eigenvalue weighted by Crippen LogP contribution is 2.23. The second-order valence-electron chi connectivity index (χ2n) is 9.01. The molecule has 2 aliphatic rings. The summed E-state index contributed by atoms with van der Waals surface area (Å²) in [6.45, 7) is 7.35. The van der Waals surface area contributed by atoms with Crippen LogP contribution in [0.25, 0.3) is 5.69 Å². The van der Waals surface area contributed by atoms with Gasteiger partial charge in [0.15, 0.2) is 0 Å². The maximum Gasteiger partial charge on any atom is 0.292 e. The molecule has 0 radical (unpaired) electrons. The summed E-state index contributed by atoms with van der Waals surface area (Å²) in [5.74, 6) is 1.24. The largest absolute Gasteiger partial charge is 0.489 e. The third kappa shape index (κ3) is 5.68. The molecule has 3 heterocycles. The number of nitrogens with zero attached hydrogens (tertiary/aromatic N) is 3. The molecule has 0 spiro atoms. The van der Waals surface area contributed by atoms with E-state index in [9.17, 15) is 9.59 Å². The number of anilines is 1. The van der Waals surface area contributed by atoms with E-state index in [2.05, 4.69) is 10.4 Å². The Morgan fingerprint density at radius 2 is 2.09 bits per heavy atom.